The van der Waals surface area contributed by atoms with Crippen molar-refractivity contribution in [3.63, 3.8) is 0 Å². The predicted octanol–water partition coefficient (Wildman–Crippen LogP) is 1.65. The number of carbonyl (C=O) groups excluding carboxylic acids is 1. The van der Waals surface area contributed by atoms with E-state index >= 15 is 0 Å². The van der Waals surface area contributed by atoms with Gasteiger partial charge in [-0.2, -0.15) is 10.1 Å². The van der Waals surface area contributed by atoms with E-state index in [0.717, 1.165) is 4.68 Å². The van der Waals surface area contributed by atoms with Gasteiger partial charge in [-0.3, -0.25) is 19.5 Å². The molecular formula is C18H14N4O3. The van der Waals surface area contributed by atoms with Gasteiger partial charge in [0.1, 0.15) is 0 Å². The number of hydrazone groups is 1. The van der Waals surface area contributed by atoms with E-state index in [1.54, 1.807) is 55.5 Å². The number of para-hydroxylation sites is 1. The molecule has 1 aromatic heterocycles. The second-order valence-electron chi connectivity index (χ2n) is 5.79. The molecular weight excluding hydrogens is 320 g/mol. The number of anilines is 1. The predicted molar refractivity (Wildman–Crippen MR) is 94.9 cm³/mol. The fourth-order valence-corrected chi connectivity index (χ4v) is 3.01. The molecule has 1 aliphatic rings. The maximum absolute atomic E-state index is 12.8. The fourth-order valence-electron chi connectivity index (χ4n) is 3.01. The van der Waals surface area contributed by atoms with Crippen LogP contribution in [-0.4, -0.2) is 21.4 Å². The van der Waals surface area contributed by atoms with E-state index in [-0.39, 0.29) is 5.39 Å². The van der Waals surface area contributed by atoms with Gasteiger partial charge in [-0.15, -0.1) is 0 Å². The van der Waals surface area contributed by atoms with Crippen molar-refractivity contribution in [1.82, 2.24) is 9.78 Å². The van der Waals surface area contributed by atoms with E-state index < -0.39 is 23.1 Å². The van der Waals surface area contributed by atoms with Gasteiger partial charge in [-0.25, -0.2) is 4.68 Å². The molecule has 2 heterocycles. The minimum absolute atomic E-state index is 0.269. The van der Waals surface area contributed by atoms with Crippen LogP contribution in [0.25, 0.3) is 10.8 Å². The number of aromatic nitrogens is 2. The molecule has 124 valence electrons. The van der Waals surface area contributed by atoms with Crippen LogP contribution >= 0.6 is 0 Å². The quantitative estimate of drug-likeness (QED) is 0.773. The summed E-state index contributed by atoms with van der Waals surface area (Å²) in [6, 6.07) is 14.5. The number of carbonyl (C=O) groups is 1. The first kappa shape index (κ1) is 15.1. The third-order valence-electron chi connectivity index (χ3n) is 4.20. The maximum atomic E-state index is 12.8. The Morgan fingerprint density at radius 1 is 0.920 bits per heavy atom. The Bertz CT molecular complexity index is 1130. The number of nitrogens with one attached hydrogen (secondary N) is 1. The first-order valence-electron chi connectivity index (χ1n) is 7.75. The zero-order chi connectivity index (χ0) is 17.6. The van der Waals surface area contributed by atoms with Crippen molar-refractivity contribution in [3.05, 3.63) is 75.3 Å². The first-order valence-corrected chi connectivity index (χ1v) is 7.75. The summed E-state index contributed by atoms with van der Waals surface area (Å²) in [5.41, 5.74) is 0.180. The minimum Gasteiger partial charge on any atom is -0.270 e. The molecule has 1 amide bonds. The molecule has 0 aliphatic carbocycles. The van der Waals surface area contributed by atoms with Crippen LogP contribution in [0.5, 0.6) is 0 Å². The molecule has 0 fully saturated rings. The summed E-state index contributed by atoms with van der Waals surface area (Å²) in [4.78, 5) is 37.9. The lowest BCUT2D eigenvalue weighted by Gasteiger charge is -2.16. The highest BCUT2D eigenvalue weighted by Crippen LogP contribution is 2.25. The summed E-state index contributed by atoms with van der Waals surface area (Å²) < 4.78 is 1.06. The lowest BCUT2D eigenvalue weighted by Crippen LogP contribution is -2.39. The van der Waals surface area contributed by atoms with Crippen LogP contribution in [0.4, 0.5) is 5.69 Å². The third kappa shape index (κ3) is 2.28. The summed E-state index contributed by atoms with van der Waals surface area (Å²) in [6.07, 6.45) is 0. The van der Waals surface area contributed by atoms with E-state index in [0.29, 0.717) is 16.8 Å². The standard InChI is InChI=1S/C18H14N4O3/c1-11-15(18(25)21(19-11)12-7-3-2-4-8-12)22-17(24)14-10-6-5-9-13(14)16(23)20-22/h2-10,15H,1H3,(H,20,23). The third-order valence-corrected chi connectivity index (χ3v) is 4.20. The molecule has 3 aromatic rings. The number of H-pyrrole nitrogens is 1. The van der Waals surface area contributed by atoms with Crippen LogP contribution < -0.4 is 16.1 Å². The Morgan fingerprint density at radius 3 is 2.28 bits per heavy atom. The number of hydrogen-bond acceptors (Lipinski definition) is 4. The van der Waals surface area contributed by atoms with Gasteiger partial charge in [0.15, 0.2) is 6.04 Å². The molecule has 0 spiro atoms. The number of fused-ring (bicyclic) bond motifs is 1. The van der Waals surface area contributed by atoms with Gasteiger partial charge in [0, 0.05) is 0 Å². The molecule has 2 aromatic carbocycles. The van der Waals surface area contributed by atoms with Crippen LogP contribution in [0.3, 0.4) is 0 Å². The molecule has 1 unspecified atom stereocenters. The molecule has 0 saturated carbocycles. The first-order chi connectivity index (χ1) is 12.1. The second-order valence-corrected chi connectivity index (χ2v) is 5.79. The summed E-state index contributed by atoms with van der Waals surface area (Å²) >= 11 is 0. The van der Waals surface area contributed by atoms with Gasteiger partial charge in [0.25, 0.3) is 17.0 Å². The molecule has 0 saturated heterocycles. The highest BCUT2D eigenvalue weighted by atomic mass is 16.2. The van der Waals surface area contributed by atoms with E-state index in [1.807, 2.05) is 6.07 Å². The van der Waals surface area contributed by atoms with Crippen LogP contribution in [0, 0.1) is 0 Å². The highest BCUT2D eigenvalue weighted by Gasteiger charge is 2.37. The summed E-state index contributed by atoms with van der Waals surface area (Å²) in [5, 5.41) is 8.59. The average molecular weight is 334 g/mol. The van der Waals surface area contributed by atoms with E-state index in [2.05, 4.69) is 10.2 Å². The average Bonchev–Trinajstić information content (AvgIpc) is 2.93. The molecule has 25 heavy (non-hydrogen) atoms. The minimum atomic E-state index is -0.968. The highest BCUT2D eigenvalue weighted by molar-refractivity contribution is 6.16. The number of rotatable bonds is 2. The SMILES string of the molecule is CC1=NN(c2ccccc2)C(=O)C1n1[nH]c(=O)c2ccccc2c1=O. The molecule has 1 aliphatic heterocycles. The van der Waals surface area contributed by atoms with Gasteiger partial charge in [-0.1, -0.05) is 30.3 Å². The zero-order valence-corrected chi connectivity index (χ0v) is 13.3. The number of amides is 1. The van der Waals surface area contributed by atoms with Crippen molar-refractivity contribution in [1.29, 1.82) is 0 Å². The molecule has 0 radical (unpaired) electrons. The van der Waals surface area contributed by atoms with Crippen LogP contribution in [0.1, 0.15) is 13.0 Å². The van der Waals surface area contributed by atoms with Crippen molar-refractivity contribution in [2.45, 2.75) is 13.0 Å². The van der Waals surface area contributed by atoms with Crippen LogP contribution in [0.2, 0.25) is 0 Å². The molecule has 0 bridgehead atoms. The summed E-state index contributed by atoms with van der Waals surface area (Å²) in [5.74, 6) is -0.392. The van der Waals surface area contributed by atoms with Crippen molar-refractivity contribution < 1.29 is 4.79 Å². The lowest BCUT2D eigenvalue weighted by molar-refractivity contribution is -0.119. The van der Waals surface area contributed by atoms with Gasteiger partial charge < -0.3 is 0 Å². The maximum Gasteiger partial charge on any atom is 0.278 e. The molecule has 1 atom stereocenters. The Balaban J connectivity index is 1.86. The molecule has 7 nitrogen and oxygen atoms in total. The topological polar surface area (TPSA) is 87.5 Å². The van der Waals surface area contributed by atoms with E-state index in [4.69, 9.17) is 0 Å². The second kappa shape index (κ2) is 5.55. The van der Waals surface area contributed by atoms with E-state index in [1.165, 1.54) is 5.01 Å². The van der Waals surface area contributed by atoms with Crippen molar-refractivity contribution in [3.8, 4) is 0 Å². The van der Waals surface area contributed by atoms with E-state index in [9.17, 15) is 14.4 Å². The molecule has 1 N–H and O–H groups in total. The largest absolute Gasteiger partial charge is 0.278 e. The Labute approximate surface area is 141 Å². The summed E-state index contributed by atoms with van der Waals surface area (Å²) in [6.45, 7) is 1.66. The lowest BCUT2D eigenvalue weighted by atomic mass is 10.1. The zero-order valence-electron chi connectivity index (χ0n) is 13.3. The van der Waals surface area contributed by atoms with Gasteiger partial charge in [0.05, 0.1) is 22.2 Å². The Hall–Kier alpha value is -3.48. The Morgan fingerprint density at radius 2 is 1.56 bits per heavy atom. The number of aromatic amines is 1. The van der Waals surface area contributed by atoms with Crippen LogP contribution in [0.15, 0.2) is 69.3 Å². The number of benzene rings is 2. The van der Waals surface area contributed by atoms with Crippen molar-refractivity contribution in [2.75, 3.05) is 5.01 Å². The monoisotopic (exact) mass is 334 g/mol. The number of hydrogen-bond donors (Lipinski definition) is 1. The van der Waals surface area contributed by atoms with Crippen molar-refractivity contribution >= 4 is 28.1 Å². The van der Waals surface area contributed by atoms with Gasteiger partial charge in [-0.05, 0) is 31.2 Å². The smallest absolute Gasteiger partial charge is 0.270 e. The van der Waals surface area contributed by atoms with Crippen LogP contribution in [-0.2, 0) is 4.79 Å². The number of nitrogens with zero attached hydrogens (tertiary/aromatic N) is 3. The fraction of sp³-hybridized carbons (Fsp3) is 0.111. The normalized spacial score (nSPS) is 17.2. The van der Waals surface area contributed by atoms with Gasteiger partial charge >= 0.3 is 0 Å². The van der Waals surface area contributed by atoms with Crippen molar-refractivity contribution in [2.24, 2.45) is 5.10 Å². The molecule has 7 heteroatoms. The summed E-state index contributed by atoms with van der Waals surface area (Å²) in [7, 11) is 0. The molecule has 4 rings (SSSR count). The van der Waals surface area contributed by atoms with Gasteiger partial charge in [0.2, 0.25) is 0 Å². The Kier molecular flexibility index (Phi) is 3.35.